The molecule has 0 aliphatic rings. The molecule has 6 nitrogen and oxygen atoms in total. The molecule has 0 aromatic carbocycles. The summed E-state index contributed by atoms with van der Waals surface area (Å²) in [6, 6.07) is 1.67. The van der Waals surface area contributed by atoms with Gasteiger partial charge < -0.3 is 0 Å². The van der Waals surface area contributed by atoms with Crippen molar-refractivity contribution in [2.45, 2.75) is 6.92 Å². The van der Waals surface area contributed by atoms with E-state index in [1.54, 1.807) is 12.3 Å². The van der Waals surface area contributed by atoms with Crippen LogP contribution in [-0.2, 0) is 0 Å². The fourth-order valence-electron chi connectivity index (χ4n) is 1.48. The van der Waals surface area contributed by atoms with Gasteiger partial charge >= 0.3 is 0 Å². The van der Waals surface area contributed by atoms with Crippen molar-refractivity contribution < 1.29 is 0 Å². The first kappa shape index (κ1) is 9.61. The lowest BCUT2D eigenvalue weighted by Crippen LogP contribution is -1.97. The minimum atomic E-state index is 0.409. The van der Waals surface area contributed by atoms with Crippen LogP contribution in [0.1, 0.15) is 5.82 Å². The second-order valence-electron chi connectivity index (χ2n) is 3.13. The quantitative estimate of drug-likeness (QED) is 0.616. The van der Waals surface area contributed by atoms with Crippen LogP contribution < -0.4 is 0 Å². The van der Waals surface area contributed by atoms with Crippen LogP contribution in [0.5, 0.6) is 0 Å². The van der Waals surface area contributed by atoms with Crippen LogP contribution in [0.15, 0.2) is 12.3 Å². The molecule has 0 N–H and O–H groups in total. The molecule has 0 amide bonds. The summed E-state index contributed by atoms with van der Waals surface area (Å²) >= 11 is 7.11. The van der Waals surface area contributed by atoms with Gasteiger partial charge in [-0.25, -0.2) is 4.98 Å². The van der Waals surface area contributed by atoms with E-state index in [4.69, 9.17) is 11.6 Å². The molecule has 0 saturated heterocycles. The normalized spacial score (nSPS) is 11.1. The molecular formula is C8H5ClN6S. The molecule has 80 valence electrons. The van der Waals surface area contributed by atoms with Gasteiger partial charge in [0.05, 0.1) is 6.20 Å². The fourth-order valence-corrected chi connectivity index (χ4v) is 2.19. The third-order valence-electron chi connectivity index (χ3n) is 2.11. The van der Waals surface area contributed by atoms with E-state index in [0.717, 1.165) is 10.7 Å². The van der Waals surface area contributed by atoms with Crippen LogP contribution in [0.4, 0.5) is 0 Å². The van der Waals surface area contributed by atoms with Crippen molar-refractivity contribution in [3.63, 3.8) is 0 Å². The highest BCUT2D eigenvalue weighted by Gasteiger charge is 2.13. The van der Waals surface area contributed by atoms with Gasteiger partial charge in [0.2, 0.25) is 0 Å². The van der Waals surface area contributed by atoms with E-state index >= 15 is 0 Å². The molecule has 0 unspecified atom stereocenters. The van der Waals surface area contributed by atoms with Gasteiger partial charge in [0, 0.05) is 6.07 Å². The average Bonchev–Trinajstić information content (AvgIpc) is 2.82. The first-order valence-corrected chi connectivity index (χ1v) is 5.57. The Labute approximate surface area is 99.1 Å². The van der Waals surface area contributed by atoms with Crippen LogP contribution in [0.25, 0.3) is 16.3 Å². The van der Waals surface area contributed by atoms with E-state index < -0.39 is 0 Å². The molecule has 3 rings (SSSR count). The average molecular weight is 253 g/mol. The second kappa shape index (κ2) is 3.46. The Morgan fingerprint density at radius 2 is 2.25 bits per heavy atom. The summed E-state index contributed by atoms with van der Waals surface area (Å²) in [5.41, 5.74) is 0.668. The molecule has 0 aliphatic heterocycles. The van der Waals surface area contributed by atoms with E-state index in [1.165, 1.54) is 11.5 Å². The predicted octanol–water partition coefficient (Wildman–Crippen LogP) is 1.60. The number of fused-ring (bicyclic) bond motifs is 1. The fraction of sp³-hybridized carbons (Fsp3) is 0.125. The summed E-state index contributed by atoms with van der Waals surface area (Å²) in [7, 11) is 0. The molecule has 8 heteroatoms. The number of hydrogen-bond acceptors (Lipinski definition) is 6. The van der Waals surface area contributed by atoms with Crippen molar-refractivity contribution >= 4 is 28.8 Å². The molecule has 0 aliphatic carbocycles. The number of aromatic nitrogens is 6. The van der Waals surface area contributed by atoms with Crippen molar-refractivity contribution in [3.05, 3.63) is 23.2 Å². The Morgan fingerprint density at radius 3 is 3.00 bits per heavy atom. The number of rotatable bonds is 1. The number of halogens is 1. The minimum absolute atomic E-state index is 0.409. The SMILES string of the molecule is Cc1nc(Cl)cc2nnc(-c3cnns3)n12. The van der Waals surface area contributed by atoms with Crippen molar-refractivity contribution in [3.8, 4) is 10.7 Å². The molecule has 0 bridgehead atoms. The Hall–Kier alpha value is -1.60. The third kappa shape index (κ3) is 1.36. The molecule has 3 heterocycles. The van der Waals surface area contributed by atoms with Gasteiger partial charge in [-0.05, 0) is 18.5 Å². The van der Waals surface area contributed by atoms with Gasteiger partial charge in [0.1, 0.15) is 15.9 Å². The first-order chi connectivity index (χ1) is 7.75. The van der Waals surface area contributed by atoms with Gasteiger partial charge in [0.25, 0.3) is 0 Å². The van der Waals surface area contributed by atoms with Crippen LogP contribution in [0, 0.1) is 6.92 Å². The molecule has 0 fully saturated rings. The van der Waals surface area contributed by atoms with Crippen molar-refractivity contribution in [2.24, 2.45) is 0 Å². The summed E-state index contributed by atoms with van der Waals surface area (Å²) in [5, 5.41) is 12.3. The summed E-state index contributed by atoms with van der Waals surface area (Å²) in [6.45, 7) is 1.85. The van der Waals surface area contributed by atoms with Crippen LogP contribution in [0.2, 0.25) is 5.15 Å². The van der Waals surface area contributed by atoms with E-state index in [9.17, 15) is 0 Å². The van der Waals surface area contributed by atoms with Gasteiger partial charge in [-0.2, -0.15) is 0 Å². The van der Waals surface area contributed by atoms with E-state index in [-0.39, 0.29) is 0 Å². The van der Waals surface area contributed by atoms with Gasteiger partial charge in [-0.15, -0.1) is 15.3 Å². The lowest BCUT2D eigenvalue weighted by Gasteiger charge is -2.00. The van der Waals surface area contributed by atoms with Gasteiger partial charge in [0.15, 0.2) is 11.5 Å². The van der Waals surface area contributed by atoms with Gasteiger partial charge in [-0.1, -0.05) is 16.1 Å². The molecule has 3 aromatic rings. The Kier molecular flexibility index (Phi) is 2.08. The molecule has 0 atom stereocenters. The van der Waals surface area contributed by atoms with Crippen LogP contribution >= 0.6 is 23.1 Å². The molecule has 0 saturated carbocycles. The lowest BCUT2D eigenvalue weighted by molar-refractivity contribution is 0.990. The Morgan fingerprint density at radius 1 is 1.38 bits per heavy atom. The highest BCUT2D eigenvalue weighted by Crippen LogP contribution is 2.22. The zero-order valence-corrected chi connectivity index (χ0v) is 9.70. The van der Waals surface area contributed by atoms with Crippen molar-refractivity contribution in [1.82, 2.24) is 29.2 Å². The van der Waals surface area contributed by atoms with E-state index in [1.807, 2.05) is 11.3 Å². The smallest absolute Gasteiger partial charge is 0.183 e. The third-order valence-corrected chi connectivity index (χ3v) is 2.96. The Bertz CT molecular complexity index is 646. The summed E-state index contributed by atoms with van der Waals surface area (Å²) in [4.78, 5) is 5.00. The molecule has 0 spiro atoms. The maximum Gasteiger partial charge on any atom is 0.183 e. The zero-order chi connectivity index (χ0) is 11.1. The number of aryl methyl sites for hydroxylation is 1. The maximum atomic E-state index is 5.84. The number of nitrogens with zero attached hydrogens (tertiary/aromatic N) is 6. The highest BCUT2D eigenvalue weighted by molar-refractivity contribution is 7.09. The standard InChI is InChI=1S/C8H5ClN6S/c1-4-11-6(9)2-7-12-13-8(15(4)7)5-3-10-14-16-5/h2-3H,1H3. The molecule has 3 aromatic heterocycles. The predicted molar refractivity (Wildman–Crippen MR) is 59.4 cm³/mol. The zero-order valence-electron chi connectivity index (χ0n) is 8.12. The molecule has 16 heavy (non-hydrogen) atoms. The van der Waals surface area contributed by atoms with Gasteiger partial charge in [-0.3, -0.25) is 4.40 Å². The van der Waals surface area contributed by atoms with Crippen molar-refractivity contribution in [1.29, 1.82) is 0 Å². The Balaban J connectivity index is 2.36. The highest BCUT2D eigenvalue weighted by atomic mass is 35.5. The lowest BCUT2D eigenvalue weighted by atomic mass is 10.5. The molecular weight excluding hydrogens is 248 g/mol. The van der Waals surface area contributed by atoms with Crippen molar-refractivity contribution in [2.75, 3.05) is 0 Å². The summed E-state index contributed by atoms with van der Waals surface area (Å²) in [5.74, 6) is 1.42. The number of hydrogen-bond donors (Lipinski definition) is 0. The maximum absolute atomic E-state index is 5.84. The molecule has 0 radical (unpaired) electrons. The second-order valence-corrected chi connectivity index (χ2v) is 4.30. The largest absolute Gasteiger partial charge is 0.262 e. The van der Waals surface area contributed by atoms with Crippen LogP contribution in [0.3, 0.4) is 0 Å². The minimum Gasteiger partial charge on any atom is -0.262 e. The topological polar surface area (TPSA) is 68.9 Å². The van der Waals surface area contributed by atoms with Crippen LogP contribution in [-0.4, -0.2) is 29.2 Å². The summed E-state index contributed by atoms with van der Waals surface area (Å²) in [6.07, 6.45) is 1.65. The summed E-state index contributed by atoms with van der Waals surface area (Å²) < 4.78 is 5.62. The monoisotopic (exact) mass is 252 g/mol. The van der Waals surface area contributed by atoms with E-state index in [0.29, 0.717) is 16.6 Å². The van der Waals surface area contributed by atoms with E-state index in [2.05, 4.69) is 24.8 Å². The first-order valence-electron chi connectivity index (χ1n) is 4.42.